The van der Waals surface area contributed by atoms with Gasteiger partial charge in [-0.25, -0.2) is 14.2 Å². The topological polar surface area (TPSA) is 131 Å². The first-order valence-electron chi connectivity index (χ1n) is 12.0. The molecule has 3 aliphatic heterocycles. The van der Waals surface area contributed by atoms with Gasteiger partial charge in [0, 0.05) is 33.2 Å². The Hall–Kier alpha value is -3.28. The Bertz CT molecular complexity index is 1620. The average Bonchev–Trinajstić information content (AvgIpc) is 3.24. The van der Waals surface area contributed by atoms with Gasteiger partial charge < -0.3 is 24.8 Å². The van der Waals surface area contributed by atoms with Gasteiger partial charge in [-0.1, -0.05) is 6.92 Å². The largest absolute Gasteiger partial charge is 0.458 e. The Morgan fingerprint density at radius 1 is 1.38 bits per heavy atom. The molecule has 0 saturated carbocycles. The van der Waals surface area contributed by atoms with Crippen LogP contribution in [0, 0.1) is 12.7 Å². The number of nitrogens with zero attached hydrogens (tertiary/aromatic N) is 2. The summed E-state index contributed by atoms with van der Waals surface area (Å²) in [6.07, 6.45) is -1.20. The molecule has 1 aromatic carbocycles. The monoisotopic (exact) mass is 525 g/mol. The Labute approximate surface area is 214 Å². The number of hydrogen-bond donors (Lipinski definition) is 3. The molecule has 0 unspecified atom stereocenters. The number of hydrogen-bond acceptors (Lipinski definition) is 8. The van der Waals surface area contributed by atoms with E-state index >= 15 is 0 Å². The number of amides is 1. The lowest BCUT2D eigenvalue weighted by Gasteiger charge is -2.31. The molecule has 37 heavy (non-hydrogen) atoms. The van der Waals surface area contributed by atoms with E-state index in [0.717, 1.165) is 10.5 Å². The predicted molar refractivity (Wildman–Crippen MR) is 133 cm³/mol. The maximum atomic E-state index is 14.9. The van der Waals surface area contributed by atoms with Crippen LogP contribution in [0.25, 0.3) is 22.3 Å². The zero-order valence-corrected chi connectivity index (χ0v) is 21.2. The van der Waals surface area contributed by atoms with Gasteiger partial charge in [0.1, 0.15) is 18.5 Å². The second-order valence-corrected chi connectivity index (χ2v) is 10.7. The molecule has 0 spiro atoms. The van der Waals surface area contributed by atoms with Gasteiger partial charge in [-0.15, -0.1) is 11.8 Å². The molecule has 11 heteroatoms. The summed E-state index contributed by atoms with van der Waals surface area (Å²) in [4.78, 5) is 44.0. The molecular weight excluding hydrogens is 501 g/mol. The van der Waals surface area contributed by atoms with Crippen molar-refractivity contribution in [2.45, 2.75) is 63.0 Å². The number of halogens is 1. The lowest BCUT2D eigenvalue weighted by Crippen LogP contribution is -2.44. The fourth-order valence-electron chi connectivity index (χ4n) is 5.53. The van der Waals surface area contributed by atoms with Gasteiger partial charge in [-0.3, -0.25) is 9.59 Å². The van der Waals surface area contributed by atoms with E-state index in [-0.39, 0.29) is 30.7 Å². The normalized spacial score (nSPS) is 22.2. The Balaban J connectivity index is 1.65. The van der Waals surface area contributed by atoms with E-state index in [1.165, 1.54) is 29.3 Å². The van der Waals surface area contributed by atoms with Crippen molar-refractivity contribution in [2.24, 2.45) is 0 Å². The molecule has 2 aromatic heterocycles. The molecule has 3 aromatic rings. The molecule has 5 heterocycles. The second kappa shape index (κ2) is 8.11. The van der Waals surface area contributed by atoms with E-state index in [2.05, 4.69) is 5.32 Å². The van der Waals surface area contributed by atoms with Crippen molar-refractivity contribution in [1.29, 1.82) is 0 Å². The number of esters is 1. The van der Waals surface area contributed by atoms with Gasteiger partial charge in [-0.2, -0.15) is 0 Å². The summed E-state index contributed by atoms with van der Waals surface area (Å²) in [6, 6.07) is 2.43. The molecule has 0 radical (unpaired) electrons. The van der Waals surface area contributed by atoms with Crippen LogP contribution in [0.4, 0.5) is 4.39 Å². The summed E-state index contributed by atoms with van der Waals surface area (Å²) in [7, 11) is 0. The number of cyclic esters (lactones) is 1. The minimum absolute atomic E-state index is 0.0174. The summed E-state index contributed by atoms with van der Waals surface area (Å²) in [5.41, 5.74) is 1.14. The quantitative estimate of drug-likeness (QED) is 0.347. The molecule has 6 rings (SSSR count). The zero-order chi connectivity index (χ0) is 26.4. The summed E-state index contributed by atoms with van der Waals surface area (Å²) in [5, 5.41) is 24.5. The lowest BCUT2D eigenvalue weighted by atomic mass is 9.86. The highest BCUT2D eigenvalue weighted by Gasteiger charge is 2.46. The number of aliphatic hydroxyl groups excluding tert-OH is 1. The number of nitrogens with one attached hydrogen (secondary N) is 1. The van der Waals surface area contributed by atoms with E-state index in [4.69, 9.17) is 9.72 Å². The van der Waals surface area contributed by atoms with Gasteiger partial charge in [0.05, 0.1) is 35.1 Å². The molecule has 0 fully saturated rings. The zero-order valence-electron chi connectivity index (χ0n) is 20.3. The van der Waals surface area contributed by atoms with E-state index in [1.54, 1.807) is 19.9 Å². The van der Waals surface area contributed by atoms with E-state index < -0.39 is 41.0 Å². The Morgan fingerprint density at radius 2 is 2.14 bits per heavy atom. The number of carbonyl (C=O) groups is 2. The number of pyridine rings is 2. The highest BCUT2D eigenvalue weighted by molar-refractivity contribution is 7.99. The summed E-state index contributed by atoms with van der Waals surface area (Å²) < 4.78 is 21.5. The third kappa shape index (κ3) is 3.23. The number of aromatic nitrogens is 2. The maximum absolute atomic E-state index is 14.9. The first-order chi connectivity index (χ1) is 17.6. The minimum atomic E-state index is -1.96. The van der Waals surface area contributed by atoms with Crippen molar-refractivity contribution in [3.8, 4) is 11.4 Å². The number of rotatable bonds is 3. The Kier molecular flexibility index (Phi) is 5.28. The third-order valence-corrected chi connectivity index (χ3v) is 8.90. The van der Waals surface area contributed by atoms with Crippen LogP contribution in [0.2, 0.25) is 0 Å². The van der Waals surface area contributed by atoms with Crippen LogP contribution >= 0.6 is 11.8 Å². The highest BCUT2D eigenvalue weighted by atomic mass is 32.2. The highest BCUT2D eigenvalue weighted by Crippen LogP contribution is 2.48. The van der Waals surface area contributed by atoms with E-state index in [1.807, 2.05) is 0 Å². The molecule has 3 N–H and O–H groups in total. The molecule has 1 amide bonds. The summed E-state index contributed by atoms with van der Waals surface area (Å²) in [5.74, 6) is -1.37. The summed E-state index contributed by atoms with van der Waals surface area (Å²) >= 11 is 1.41. The SMILES string of the molecule is CC[C@@]1(O)C(=O)OCc2c1cc1n(c2=O)Cc2c-1nc1cc(F)c(C)c3c1c2[C@H](NC(=O)[C@H](C)O)CS3. The fraction of sp³-hybridized carbons (Fsp3) is 0.385. The van der Waals surface area contributed by atoms with E-state index in [0.29, 0.717) is 39.2 Å². The first-order valence-corrected chi connectivity index (χ1v) is 13.0. The standard InChI is InChI=1S/C26H24FN3O6S/c1-4-26(35)14-5-18-21-12(7-30(18)24(33)13(14)8-36-25(26)34)19-17(29-23(32)11(3)31)9-37-22-10(2)15(27)6-16(28-21)20(19)22/h5-6,11,17,31,35H,4,7-9H2,1-3H3,(H,29,32)/t11-,17+,26-/m0/s1. The Morgan fingerprint density at radius 3 is 2.84 bits per heavy atom. The van der Waals surface area contributed by atoms with Crippen LogP contribution in [-0.2, 0) is 33.1 Å². The van der Waals surface area contributed by atoms with Gasteiger partial charge >= 0.3 is 5.97 Å². The van der Waals surface area contributed by atoms with Crippen molar-refractivity contribution in [3.63, 3.8) is 0 Å². The molecule has 3 atom stereocenters. The van der Waals surface area contributed by atoms with Gasteiger partial charge in [0.2, 0.25) is 5.91 Å². The first kappa shape index (κ1) is 24.1. The van der Waals surface area contributed by atoms with Crippen LogP contribution in [0.15, 0.2) is 21.8 Å². The van der Waals surface area contributed by atoms with Crippen LogP contribution < -0.4 is 10.9 Å². The fourth-order valence-corrected chi connectivity index (χ4v) is 6.79. The van der Waals surface area contributed by atoms with Crippen molar-refractivity contribution in [2.75, 3.05) is 5.75 Å². The van der Waals surface area contributed by atoms with Crippen molar-refractivity contribution in [1.82, 2.24) is 14.9 Å². The van der Waals surface area contributed by atoms with E-state index in [9.17, 15) is 29.0 Å². The molecular formula is C26H24FN3O6S. The van der Waals surface area contributed by atoms with Crippen molar-refractivity contribution < 1.29 is 28.9 Å². The molecule has 3 aliphatic rings. The van der Waals surface area contributed by atoms with Crippen LogP contribution in [0.5, 0.6) is 0 Å². The van der Waals surface area contributed by atoms with Crippen LogP contribution in [0.1, 0.15) is 54.1 Å². The molecule has 192 valence electrons. The van der Waals surface area contributed by atoms with Crippen molar-refractivity contribution >= 4 is 34.5 Å². The summed E-state index contributed by atoms with van der Waals surface area (Å²) in [6.45, 7) is 4.61. The average molecular weight is 526 g/mol. The van der Waals surface area contributed by atoms with Gasteiger partial charge in [0.25, 0.3) is 5.56 Å². The second-order valence-electron chi connectivity index (χ2n) is 9.71. The van der Waals surface area contributed by atoms with Gasteiger partial charge in [0.15, 0.2) is 5.60 Å². The predicted octanol–water partition coefficient (Wildman–Crippen LogP) is 2.17. The number of thioether (sulfide) groups is 1. The van der Waals surface area contributed by atoms with Gasteiger partial charge in [-0.05, 0) is 37.5 Å². The maximum Gasteiger partial charge on any atom is 0.343 e. The van der Waals surface area contributed by atoms with Crippen LogP contribution in [-0.4, -0.2) is 43.5 Å². The molecule has 0 aliphatic carbocycles. The molecule has 9 nitrogen and oxygen atoms in total. The molecule has 0 saturated heterocycles. The van der Waals surface area contributed by atoms with Crippen molar-refractivity contribution in [3.05, 3.63) is 56.1 Å². The lowest BCUT2D eigenvalue weighted by molar-refractivity contribution is -0.172. The number of carbonyl (C=O) groups excluding carboxylic acids is 2. The number of ether oxygens (including phenoxy) is 1. The van der Waals surface area contributed by atoms with Crippen LogP contribution in [0.3, 0.4) is 0 Å². The smallest absolute Gasteiger partial charge is 0.343 e. The number of benzene rings is 1. The number of fused-ring (bicyclic) bond motifs is 5. The third-order valence-electron chi connectivity index (χ3n) is 7.60. The molecule has 0 bridgehead atoms. The minimum Gasteiger partial charge on any atom is -0.458 e. The number of aliphatic hydroxyl groups is 2.